The van der Waals surface area contributed by atoms with Gasteiger partial charge in [-0.3, -0.25) is 0 Å². The summed E-state index contributed by atoms with van der Waals surface area (Å²) in [5.41, 5.74) is 3.21. The van der Waals surface area contributed by atoms with E-state index in [1.165, 1.54) is 11.1 Å². The van der Waals surface area contributed by atoms with Gasteiger partial charge in [0, 0.05) is 24.5 Å². The lowest BCUT2D eigenvalue weighted by atomic mass is 9.53. The molecule has 3 aliphatic rings. The number of rotatable bonds is 4. The van der Waals surface area contributed by atoms with Crippen LogP contribution in [0.25, 0.3) is 0 Å². The summed E-state index contributed by atoms with van der Waals surface area (Å²) in [6.07, 6.45) is 3.97. The quantitative estimate of drug-likeness (QED) is 0.585. The number of benzene rings is 1. The zero-order valence-electron chi connectivity index (χ0n) is 17.7. The van der Waals surface area contributed by atoms with Gasteiger partial charge in [-0.05, 0) is 68.3 Å². The lowest BCUT2D eigenvalue weighted by molar-refractivity contribution is -0.0641. The van der Waals surface area contributed by atoms with Crippen molar-refractivity contribution in [2.24, 2.45) is 23.2 Å². The highest BCUT2D eigenvalue weighted by Gasteiger charge is 2.54. The summed E-state index contributed by atoms with van der Waals surface area (Å²) >= 11 is 0. The summed E-state index contributed by atoms with van der Waals surface area (Å²) < 4.78 is 0. The summed E-state index contributed by atoms with van der Waals surface area (Å²) in [7, 11) is 0. The Kier molecular flexibility index (Phi) is 5.67. The van der Waals surface area contributed by atoms with Crippen molar-refractivity contribution in [1.82, 2.24) is 0 Å². The van der Waals surface area contributed by atoms with Crippen LogP contribution in [0, 0.1) is 23.2 Å². The van der Waals surface area contributed by atoms with Crippen LogP contribution in [0.15, 0.2) is 41.5 Å². The fourth-order valence-electron chi connectivity index (χ4n) is 6.96. The van der Waals surface area contributed by atoms with Crippen LogP contribution in [-0.2, 0) is 5.41 Å². The first-order valence-corrected chi connectivity index (χ1v) is 11.2. The highest BCUT2D eigenvalue weighted by molar-refractivity contribution is 5.46. The van der Waals surface area contributed by atoms with Crippen LogP contribution < -0.4 is 0 Å². The third kappa shape index (κ3) is 3.20. The predicted octanol–water partition coefficient (Wildman–Crippen LogP) is 3.18. The molecule has 0 spiro atoms. The Morgan fingerprint density at radius 3 is 2.38 bits per heavy atom. The molecule has 0 bridgehead atoms. The Bertz CT molecular complexity index is 759. The first-order valence-electron chi connectivity index (χ1n) is 11.2. The van der Waals surface area contributed by atoms with Crippen molar-refractivity contribution in [3.8, 4) is 0 Å². The van der Waals surface area contributed by atoms with E-state index in [1.807, 2.05) is 18.2 Å². The molecular weight excluding hydrogens is 364 g/mol. The average molecular weight is 401 g/mol. The van der Waals surface area contributed by atoms with Crippen molar-refractivity contribution in [1.29, 1.82) is 0 Å². The molecule has 0 heterocycles. The van der Waals surface area contributed by atoms with Crippen LogP contribution in [0.3, 0.4) is 0 Å². The summed E-state index contributed by atoms with van der Waals surface area (Å²) in [6, 6.07) is 10.3. The first-order chi connectivity index (χ1) is 13.9. The zero-order valence-corrected chi connectivity index (χ0v) is 17.7. The Labute approximate surface area is 174 Å². The number of aliphatic hydroxyl groups is 4. The molecule has 0 radical (unpaired) electrons. The molecule has 1 saturated carbocycles. The van der Waals surface area contributed by atoms with Crippen molar-refractivity contribution in [2.45, 2.75) is 70.0 Å². The largest absolute Gasteiger partial charge is 0.396 e. The molecule has 160 valence electrons. The minimum atomic E-state index is -0.475. The van der Waals surface area contributed by atoms with E-state index in [-0.39, 0.29) is 42.5 Å². The fraction of sp³-hybridized carbons (Fsp3) is 0.680. The molecule has 4 N–H and O–H groups in total. The van der Waals surface area contributed by atoms with Gasteiger partial charge in [-0.15, -0.1) is 0 Å². The Hall–Kier alpha value is -1.20. The molecule has 4 rings (SSSR count). The van der Waals surface area contributed by atoms with Gasteiger partial charge < -0.3 is 20.4 Å². The first kappa shape index (κ1) is 21.0. The summed E-state index contributed by atoms with van der Waals surface area (Å²) in [5, 5.41) is 41.8. The van der Waals surface area contributed by atoms with Crippen LogP contribution in [-0.4, -0.2) is 45.8 Å². The fourth-order valence-corrected chi connectivity index (χ4v) is 6.96. The second kappa shape index (κ2) is 7.81. The molecule has 0 aromatic heterocycles. The third-order valence-electron chi connectivity index (χ3n) is 8.88. The normalized spacial score (nSPS) is 42.8. The molecule has 7 atom stereocenters. The SMILES string of the molecule is CC1(c2ccccc2)C2=C(CC1O)C(CO)C(C1(C)CCC(O)CC1CO)CC2. The number of hydrogen-bond donors (Lipinski definition) is 4. The van der Waals surface area contributed by atoms with E-state index >= 15 is 0 Å². The summed E-state index contributed by atoms with van der Waals surface area (Å²) in [4.78, 5) is 0. The van der Waals surface area contributed by atoms with E-state index in [4.69, 9.17) is 0 Å². The monoisotopic (exact) mass is 400 g/mol. The van der Waals surface area contributed by atoms with Crippen molar-refractivity contribution < 1.29 is 20.4 Å². The standard InChI is InChI=1S/C25H36O4/c1-24(11-10-18(28)12-17(24)14-26)21-8-9-22-19(20(21)15-27)13-23(29)25(22,2)16-6-4-3-5-7-16/h3-7,17-18,20-21,23,26-29H,8-15H2,1-2H3. The van der Waals surface area contributed by atoms with Crippen LogP contribution >= 0.6 is 0 Å². The van der Waals surface area contributed by atoms with E-state index < -0.39 is 11.5 Å². The zero-order chi connectivity index (χ0) is 20.8. The summed E-state index contributed by atoms with van der Waals surface area (Å²) in [6.45, 7) is 4.57. The van der Waals surface area contributed by atoms with Gasteiger partial charge in [0.1, 0.15) is 0 Å². The molecule has 3 aliphatic carbocycles. The minimum absolute atomic E-state index is 0.0215. The molecule has 4 nitrogen and oxygen atoms in total. The van der Waals surface area contributed by atoms with Gasteiger partial charge in [-0.2, -0.15) is 0 Å². The highest BCUT2D eigenvalue weighted by Crippen LogP contribution is 2.59. The third-order valence-corrected chi connectivity index (χ3v) is 8.88. The molecule has 1 aromatic rings. The van der Waals surface area contributed by atoms with Crippen molar-refractivity contribution >= 4 is 0 Å². The smallest absolute Gasteiger partial charge is 0.0708 e. The molecule has 0 aliphatic heterocycles. The molecule has 4 heteroatoms. The second-order valence-corrected chi connectivity index (χ2v) is 10.0. The highest BCUT2D eigenvalue weighted by atomic mass is 16.3. The van der Waals surface area contributed by atoms with Crippen molar-refractivity contribution in [2.75, 3.05) is 13.2 Å². The van der Waals surface area contributed by atoms with Gasteiger partial charge in [0.25, 0.3) is 0 Å². The van der Waals surface area contributed by atoms with Crippen LogP contribution in [0.1, 0.15) is 57.9 Å². The topological polar surface area (TPSA) is 80.9 Å². The van der Waals surface area contributed by atoms with Crippen LogP contribution in [0.5, 0.6) is 0 Å². The van der Waals surface area contributed by atoms with Gasteiger partial charge in [0.2, 0.25) is 0 Å². The minimum Gasteiger partial charge on any atom is -0.396 e. The molecule has 0 amide bonds. The van der Waals surface area contributed by atoms with E-state index in [0.29, 0.717) is 12.8 Å². The lowest BCUT2D eigenvalue weighted by Crippen LogP contribution is -2.48. The van der Waals surface area contributed by atoms with E-state index in [1.54, 1.807) is 0 Å². The van der Waals surface area contributed by atoms with Gasteiger partial charge in [-0.25, -0.2) is 0 Å². The van der Waals surface area contributed by atoms with Crippen LogP contribution in [0.4, 0.5) is 0 Å². The number of hydrogen-bond acceptors (Lipinski definition) is 4. The second-order valence-electron chi connectivity index (χ2n) is 10.0. The van der Waals surface area contributed by atoms with Crippen LogP contribution in [0.2, 0.25) is 0 Å². The van der Waals surface area contributed by atoms with Gasteiger partial charge in [0.15, 0.2) is 0 Å². The van der Waals surface area contributed by atoms with E-state index in [0.717, 1.165) is 31.2 Å². The Morgan fingerprint density at radius 1 is 1.00 bits per heavy atom. The van der Waals surface area contributed by atoms with E-state index in [9.17, 15) is 20.4 Å². The Balaban J connectivity index is 1.71. The predicted molar refractivity (Wildman–Crippen MR) is 113 cm³/mol. The molecule has 0 saturated heterocycles. The Morgan fingerprint density at radius 2 is 1.72 bits per heavy atom. The van der Waals surface area contributed by atoms with Crippen molar-refractivity contribution in [3.63, 3.8) is 0 Å². The molecule has 7 unspecified atom stereocenters. The lowest BCUT2D eigenvalue weighted by Gasteiger charge is -2.52. The van der Waals surface area contributed by atoms with Gasteiger partial charge >= 0.3 is 0 Å². The van der Waals surface area contributed by atoms with Gasteiger partial charge in [0.05, 0.1) is 12.2 Å². The molecule has 29 heavy (non-hydrogen) atoms. The number of aliphatic hydroxyl groups excluding tert-OH is 4. The maximum atomic E-state index is 11.1. The maximum Gasteiger partial charge on any atom is 0.0708 e. The molecule has 1 aromatic carbocycles. The average Bonchev–Trinajstić information content (AvgIpc) is 3.01. The molecule has 1 fully saturated rings. The van der Waals surface area contributed by atoms with E-state index in [2.05, 4.69) is 26.0 Å². The van der Waals surface area contributed by atoms with Crippen molar-refractivity contribution in [3.05, 3.63) is 47.0 Å². The maximum absolute atomic E-state index is 11.1. The van der Waals surface area contributed by atoms with Gasteiger partial charge in [-0.1, -0.05) is 48.4 Å². The molecular formula is C25H36O4. The summed E-state index contributed by atoms with van der Waals surface area (Å²) in [5.74, 6) is 0.341.